The minimum atomic E-state index is -0.506. The van der Waals surface area contributed by atoms with E-state index >= 15 is 0 Å². The molecule has 0 aromatic heterocycles. The van der Waals surface area contributed by atoms with Crippen LogP contribution in [0.25, 0.3) is 0 Å². The van der Waals surface area contributed by atoms with Crippen LogP contribution in [0.1, 0.15) is 21.5 Å². The molecule has 2 N–H and O–H groups in total. The zero-order valence-electron chi connectivity index (χ0n) is 16.0. The van der Waals surface area contributed by atoms with Gasteiger partial charge in [0.2, 0.25) is 0 Å². The number of hydrazine groups is 1. The van der Waals surface area contributed by atoms with E-state index < -0.39 is 11.8 Å². The van der Waals surface area contributed by atoms with Crippen molar-refractivity contribution in [3.8, 4) is 11.5 Å². The van der Waals surface area contributed by atoms with Gasteiger partial charge in [0.25, 0.3) is 11.8 Å². The topological polar surface area (TPSA) is 85.9 Å². The molecule has 0 heterocycles. The van der Waals surface area contributed by atoms with Gasteiger partial charge >= 0.3 is 0 Å². The van der Waals surface area contributed by atoms with Crippen LogP contribution in [0.15, 0.2) is 40.9 Å². The van der Waals surface area contributed by atoms with Crippen molar-refractivity contribution in [2.75, 3.05) is 26.9 Å². The zero-order valence-corrected chi connectivity index (χ0v) is 17.6. The smallest absolute Gasteiger partial charge is 0.276 e. The van der Waals surface area contributed by atoms with Gasteiger partial charge < -0.3 is 14.2 Å². The van der Waals surface area contributed by atoms with Crippen molar-refractivity contribution >= 4 is 27.7 Å². The van der Waals surface area contributed by atoms with Crippen LogP contribution in [-0.2, 0) is 9.53 Å². The molecule has 0 unspecified atom stereocenters. The van der Waals surface area contributed by atoms with Gasteiger partial charge in [0.1, 0.15) is 18.1 Å². The molecule has 0 aliphatic carbocycles. The number of hydrogen-bond acceptors (Lipinski definition) is 5. The van der Waals surface area contributed by atoms with Gasteiger partial charge in [-0.25, -0.2) is 0 Å². The van der Waals surface area contributed by atoms with E-state index in [1.807, 2.05) is 32.0 Å². The van der Waals surface area contributed by atoms with Gasteiger partial charge in [-0.15, -0.1) is 0 Å². The first kappa shape index (κ1) is 21.7. The van der Waals surface area contributed by atoms with E-state index in [9.17, 15) is 9.59 Å². The highest BCUT2D eigenvalue weighted by Gasteiger charge is 2.14. The molecule has 2 aromatic carbocycles. The molecule has 2 rings (SSSR count). The van der Waals surface area contributed by atoms with Gasteiger partial charge in [0.05, 0.1) is 12.2 Å². The lowest BCUT2D eigenvalue weighted by Crippen LogP contribution is -2.44. The van der Waals surface area contributed by atoms with E-state index in [0.717, 1.165) is 11.1 Å². The number of ether oxygens (including phenoxy) is 3. The number of benzene rings is 2. The number of carbonyl (C=O) groups is 2. The predicted octanol–water partition coefficient (Wildman–Crippen LogP) is 2.93. The lowest BCUT2D eigenvalue weighted by molar-refractivity contribution is -0.123. The molecule has 0 saturated heterocycles. The fourth-order valence-corrected chi connectivity index (χ4v) is 2.80. The Labute approximate surface area is 172 Å². The summed E-state index contributed by atoms with van der Waals surface area (Å²) < 4.78 is 16.7. The third-order valence-electron chi connectivity index (χ3n) is 3.61. The maximum atomic E-state index is 12.4. The Morgan fingerprint density at radius 2 is 1.68 bits per heavy atom. The molecule has 2 aromatic rings. The van der Waals surface area contributed by atoms with Crippen molar-refractivity contribution < 1.29 is 23.8 Å². The molecule has 0 aliphatic heterocycles. The number of methoxy groups -OCH3 is 1. The summed E-state index contributed by atoms with van der Waals surface area (Å²) in [5.41, 5.74) is 7.06. The van der Waals surface area contributed by atoms with Gasteiger partial charge in [0.15, 0.2) is 6.61 Å². The van der Waals surface area contributed by atoms with E-state index in [0.29, 0.717) is 29.2 Å². The average molecular weight is 451 g/mol. The van der Waals surface area contributed by atoms with Crippen molar-refractivity contribution in [3.05, 3.63) is 57.6 Å². The molecule has 0 radical (unpaired) electrons. The zero-order chi connectivity index (χ0) is 20.5. The summed E-state index contributed by atoms with van der Waals surface area (Å²) in [6, 6.07) is 10.7. The summed E-state index contributed by atoms with van der Waals surface area (Å²) in [6.07, 6.45) is 0. The minimum absolute atomic E-state index is 0.223. The second-order valence-electron chi connectivity index (χ2n) is 6.10. The van der Waals surface area contributed by atoms with E-state index in [4.69, 9.17) is 14.2 Å². The quantitative estimate of drug-likeness (QED) is 0.476. The van der Waals surface area contributed by atoms with Gasteiger partial charge in [-0.05, 0) is 55.3 Å². The van der Waals surface area contributed by atoms with Crippen molar-refractivity contribution in [2.24, 2.45) is 0 Å². The molecule has 0 bridgehead atoms. The number of rotatable bonds is 8. The highest BCUT2D eigenvalue weighted by Crippen LogP contribution is 2.23. The molecule has 2 amide bonds. The van der Waals surface area contributed by atoms with Crippen LogP contribution in [0.3, 0.4) is 0 Å². The van der Waals surface area contributed by atoms with Crippen LogP contribution < -0.4 is 20.3 Å². The Morgan fingerprint density at radius 3 is 2.36 bits per heavy atom. The SMILES string of the molecule is COCCOc1ccc(Br)cc1C(=O)NNC(=O)COc1cc(C)cc(C)c1. The van der Waals surface area contributed by atoms with Crippen LogP contribution >= 0.6 is 15.9 Å². The van der Waals surface area contributed by atoms with Crippen LogP contribution in [-0.4, -0.2) is 38.7 Å². The standard InChI is InChI=1S/C20H23BrN2O5/c1-13-8-14(2)10-16(9-13)28-12-19(24)22-23-20(25)17-11-15(21)4-5-18(17)27-7-6-26-3/h4-5,8-11H,6-7,12H2,1-3H3,(H,22,24)(H,23,25). The lowest BCUT2D eigenvalue weighted by atomic mass is 10.1. The molecule has 0 atom stereocenters. The maximum absolute atomic E-state index is 12.4. The third kappa shape index (κ3) is 6.86. The summed E-state index contributed by atoms with van der Waals surface area (Å²) in [7, 11) is 1.56. The summed E-state index contributed by atoms with van der Waals surface area (Å²) >= 11 is 3.32. The summed E-state index contributed by atoms with van der Waals surface area (Å²) in [4.78, 5) is 24.4. The molecule has 0 saturated carbocycles. The number of amides is 2. The summed E-state index contributed by atoms with van der Waals surface area (Å²) in [5, 5.41) is 0. The van der Waals surface area contributed by atoms with Crippen molar-refractivity contribution in [3.63, 3.8) is 0 Å². The largest absolute Gasteiger partial charge is 0.490 e. The normalized spacial score (nSPS) is 10.3. The first-order chi connectivity index (χ1) is 13.4. The number of nitrogens with one attached hydrogen (secondary N) is 2. The summed E-state index contributed by atoms with van der Waals surface area (Å²) in [5.74, 6) is -0.00361. The second kappa shape index (κ2) is 10.7. The molecule has 8 heteroatoms. The van der Waals surface area contributed by atoms with Gasteiger partial charge in [0, 0.05) is 11.6 Å². The first-order valence-corrected chi connectivity index (χ1v) is 9.40. The van der Waals surface area contributed by atoms with Crippen molar-refractivity contribution in [1.29, 1.82) is 0 Å². The molecule has 7 nitrogen and oxygen atoms in total. The maximum Gasteiger partial charge on any atom is 0.276 e. The number of aryl methyl sites for hydroxylation is 2. The Balaban J connectivity index is 1.90. The molecule has 0 spiro atoms. The first-order valence-electron chi connectivity index (χ1n) is 8.60. The van der Waals surface area contributed by atoms with E-state index in [1.54, 1.807) is 25.3 Å². The van der Waals surface area contributed by atoms with Gasteiger partial charge in [-0.3, -0.25) is 20.4 Å². The van der Waals surface area contributed by atoms with E-state index in [2.05, 4.69) is 26.8 Å². The lowest BCUT2D eigenvalue weighted by Gasteiger charge is -2.13. The van der Waals surface area contributed by atoms with Crippen molar-refractivity contribution in [2.45, 2.75) is 13.8 Å². The van der Waals surface area contributed by atoms with Crippen LogP contribution in [0.2, 0.25) is 0 Å². The highest BCUT2D eigenvalue weighted by molar-refractivity contribution is 9.10. The molecular weight excluding hydrogens is 428 g/mol. The molecule has 0 fully saturated rings. The molecule has 28 heavy (non-hydrogen) atoms. The fraction of sp³-hybridized carbons (Fsp3) is 0.300. The Kier molecular flexibility index (Phi) is 8.28. The van der Waals surface area contributed by atoms with Crippen molar-refractivity contribution in [1.82, 2.24) is 10.9 Å². The Morgan fingerprint density at radius 1 is 0.964 bits per heavy atom. The highest BCUT2D eigenvalue weighted by atomic mass is 79.9. The predicted molar refractivity (Wildman–Crippen MR) is 109 cm³/mol. The number of hydrogen-bond donors (Lipinski definition) is 2. The van der Waals surface area contributed by atoms with Gasteiger partial charge in [-0.1, -0.05) is 22.0 Å². The molecule has 0 aliphatic rings. The second-order valence-corrected chi connectivity index (χ2v) is 7.01. The third-order valence-corrected chi connectivity index (χ3v) is 4.11. The van der Waals surface area contributed by atoms with E-state index in [-0.39, 0.29) is 12.2 Å². The van der Waals surface area contributed by atoms with E-state index in [1.165, 1.54) is 0 Å². The number of carbonyl (C=O) groups excluding carboxylic acids is 2. The Hall–Kier alpha value is -2.58. The Bertz CT molecular complexity index is 821. The molecular formula is C20H23BrN2O5. The summed E-state index contributed by atoms with van der Waals surface area (Å²) in [6.45, 7) is 4.37. The molecule has 150 valence electrons. The minimum Gasteiger partial charge on any atom is -0.490 e. The number of halogens is 1. The van der Waals surface area contributed by atoms with Crippen LogP contribution in [0.4, 0.5) is 0 Å². The fourth-order valence-electron chi connectivity index (χ4n) is 2.44. The average Bonchev–Trinajstić information content (AvgIpc) is 2.65. The van der Waals surface area contributed by atoms with Gasteiger partial charge in [-0.2, -0.15) is 0 Å². The van der Waals surface area contributed by atoms with Crippen LogP contribution in [0.5, 0.6) is 11.5 Å². The monoisotopic (exact) mass is 450 g/mol. The van der Waals surface area contributed by atoms with Crippen LogP contribution in [0, 0.1) is 13.8 Å².